The molecule has 3 rings (SSSR count). The first kappa shape index (κ1) is 11.4. The summed E-state index contributed by atoms with van der Waals surface area (Å²) in [6.07, 6.45) is 2.03. The lowest BCUT2D eigenvalue weighted by molar-refractivity contribution is -0.154. The van der Waals surface area contributed by atoms with Gasteiger partial charge >= 0.3 is 23.9 Å². The Kier molecular flexibility index (Phi) is 2.46. The van der Waals surface area contributed by atoms with Gasteiger partial charge in [-0.15, -0.1) is 0 Å². The van der Waals surface area contributed by atoms with Gasteiger partial charge in [0.25, 0.3) is 0 Å². The van der Waals surface area contributed by atoms with Crippen molar-refractivity contribution in [3.8, 4) is 0 Å². The van der Waals surface area contributed by atoms with Gasteiger partial charge in [0.15, 0.2) is 0 Å². The molecule has 0 bridgehead atoms. The second-order valence-electron chi connectivity index (χ2n) is 5.07. The van der Waals surface area contributed by atoms with Crippen molar-refractivity contribution in [1.82, 2.24) is 0 Å². The van der Waals surface area contributed by atoms with E-state index in [0.29, 0.717) is 12.8 Å². The summed E-state index contributed by atoms with van der Waals surface area (Å²) in [6, 6.07) is 0. The molecule has 0 radical (unpaired) electrons. The van der Waals surface area contributed by atoms with E-state index in [-0.39, 0.29) is 12.3 Å². The summed E-state index contributed by atoms with van der Waals surface area (Å²) in [5.74, 6) is -4.09. The van der Waals surface area contributed by atoms with Gasteiger partial charge in [-0.1, -0.05) is 6.42 Å². The standard InChI is InChI=1S/C12H12O6/c13-8-4-7(11(15)17-8)5-2-1-3-6-9(5)12(16)18-10(6)14/h5-7,9H,1-4H2. The Bertz CT molecular complexity index is 453. The van der Waals surface area contributed by atoms with Crippen molar-refractivity contribution in [2.45, 2.75) is 25.7 Å². The van der Waals surface area contributed by atoms with Crippen LogP contribution in [0.3, 0.4) is 0 Å². The Balaban J connectivity index is 1.88. The van der Waals surface area contributed by atoms with Gasteiger partial charge in [0.2, 0.25) is 0 Å². The number of ether oxygens (including phenoxy) is 2. The molecule has 2 saturated heterocycles. The predicted octanol–water partition coefficient (Wildman–Crippen LogP) is 0.192. The van der Waals surface area contributed by atoms with Crippen molar-refractivity contribution in [3.63, 3.8) is 0 Å². The van der Waals surface area contributed by atoms with Crippen LogP contribution in [0.2, 0.25) is 0 Å². The van der Waals surface area contributed by atoms with Gasteiger partial charge < -0.3 is 9.47 Å². The third kappa shape index (κ3) is 1.55. The minimum Gasteiger partial charge on any atom is -0.393 e. The van der Waals surface area contributed by atoms with Gasteiger partial charge in [0.05, 0.1) is 24.2 Å². The molecular formula is C12H12O6. The third-order valence-corrected chi connectivity index (χ3v) is 4.14. The normalized spacial score (nSPS) is 39.6. The molecule has 0 aromatic rings. The van der Waals surface area contributed by atoms with Crippen molar-refractivity contribution in [2.24, 2.45) is 23.7 Å². The van der Waals surface area contributed by atoms with Crippen molar-refractivity contribution in [2.75, 3.05) is 0 Å². The first-order chi connectivity index (χ1) is 8.58. The number of carbonyl (C=O) groups is 4. The summed E-state index contributed by atoms with van der Waals surface area (Å²) in [4.78, 5) is 45.9. The summed E-state index contributed by atoms with van der Waals surface area (Å²) in [6.45, 7) is 0. The van der Waals surface area contributed by atoms with E-state index in [1.807, 2.05) is 0 Å². The number of hydrogen-bond donors (Lipinski definition) is 0. The van der Waals surface area contributed by atoms with Crippen LogP contribution in [-0.4, -0.2) is 23.9 Å². The summed E-state index contributed by atoms with van der Waals surface area (Å²) < 4.78 is 9.17. The maximum absolute atomic E-state index is 11.7. The van der Waals surface area contributed by atoms with E-state index in [4.69, 9.17) is 0 Å². The number of rotatable bonds is 1. The summed E-state index contributed by atoms with van der Waals surface area (Å²) in [7, 11) is 0. The molecule has 0 N–H and O–H groups in total. The molecule has 96 valence electrons. The van der Waals surface area contributed by atoms with Gasteiger partial charge in [-0.25, -0.2) is 0 Å². The Morgan fingerprint density at radius 1 is 0.833 bits per heavy atom. The lowest BCUT2D eigenvalue weighted by Crippen LogP contribution is -2.36. The van der Waals surface area contributed by atoms with Gasteiger partial charge in [-0.3, -0.25) is 19.2 Å². The number of carbonyl (C=O) groups excluding carboxylic acids is 4. The molecule has 1 saturated carbocycles. The Morgan fingerprint density at radius 2 is 1.56 bits per heavy atom. The van der Waals surface area contributed by atoms with E-state index in [0.717, 1.165) is 6.42 Å². The highest BCUT2D eigenvalue weighted by molar-refractivity contribution is 5.98. The fraction of sp³-hybridized carbons (Fsp3) is 0.667. The quantitative estimate of drug-likeness (QED) is 0.489. The first-order valence-electron chi connectivity index (χ1n) is 6.08. The number of fused-ring (bicyclic) bond motifs is 1. The molecule has 6 nitrogen and oxygen atoms in total. The van der Waals surface area contributed by atoms with Crippen molar-refractivity contribution in [1.29, 1.82) is 0 Å². The molecular weight excluding hydrogens is 240 g/mol. The summed E-state index contributed by atoms with van der Waals surface area (Å²) >= 11 is 0. The number of hydrogen-bond acceptors (Lipinski definition) is 6. The molecule has 2 heterocycles. The van der Waals surface area contributed by atoms with Crippen LogP contribution >= 0.6 is 0 Å². The smallest absolute Gasteiger partial charge is 0.317 e. The monoisotopic (exact) mass is 252 g/mol. The molecule has 4 unspecified atom stereocenters. The second kappa shape index (κ2) is 3.90. The Hall–Kier alpha value is -1.72. The molecule has 18 heavy (non-hydrogen) atoms. The highest BCUT2D eigenvalue weighted by atomic mass is 16.6. The van der Waals surface area contributed by atoms with E-state index in [9.17, 15) is 19.2 Å². The molecule has 0 spiro atoms. The van der Waals surface area contributed by atoms with Gasteiger partial charge in [-0.05, 0) is 18.8 Å². The molecule has 3 aliphatic rings. The van der Waals surface area contributed by atoms with Crippen LogP contribution in [0.1, 0.15) is 25.7 Å². The van der Waals surface area contributed by atoms with Crippen LogP contribution in [0, 0.1) is 23.7 Å². The molecule has 0 aromatic heterocycles. The molecule has 6 heteroatoms. The van der Waals surface area contributed by atoms with Crippen LogP contribution in [0.25, 0.3) is 0 Å². The van der Waals surface area contributed by atoms with Crippen LogP contribution < -0.4 is 0 Å². The average Bonchev–Trinajstić information content (AvgIpc) is 2.80. The zero-order valence-electron chi connectivity index (χ0n) is 9.59. The lowest BCUT2D eigenvalue weighted by atomic mass is 9.68. The van der Waals surface area contributed by atoms with Gasteiger partial charge in [-0.2, -0.15) is 0 Å². The fourth-order valence-electron chi connectivity index (χ4n) is 3.35. The van der Waals surface area contributed by atoms with Crippen LogP contribution in [0.4, 0.5) is 0 Å². The molecule has 4 atom stereocenters. The average molecular weight is 252 g/mol. The number of esters is 4. The van der Waals surface area contributed by atoms with Gasteiger partial charge in [0.1, 0.15) is 0 Å². The summed E-state index contributed by atoms with van der Waals surface area (Å²) in [5.41, 5.74) is 0. The van der Waals surface area contributed by atoms with Crippen molar-refractivity contribution < 1.29 is 28.7 Å². The predicted molar refractivity (Wildman–Crippen MR) is 54.6 cm³/mol. The van der Waals surface area contributed by atoms with E-state index < -0.39 is 41.6 Å². The molecule has 0 amide bonds. The third-order valence-electron chi connectivity index (χ3n) is 4.14. The fourth-order valence-corrected chi connectivity index (χ4v) is 3.35. The maximum atomic E-state index is 11.7. The zero-order valence-corrected chi connectivity index (χ0v) is 9.59. The topological polar surface area (TPSA) is 86.7 Å². The Morgan fingerprint density at radius 3 is 2.22 bits per heavy atom. The van der Waals surface area contributed by atoms with E-state index in [1.165, 1.54) is 0 Å². The first-order valence-corrected chi connectivity index (χ1v) is 6.08. The van der Waals surface area contributed by atoms with Gasteiger partial charge in [0, 0.05) is 0 Å². The van der Waals surface area contributed by atoms with Crippen molar-refractivity contribution >= 4 is 23.9 Å². The van der Waals surface area contributed by atoms with E-state index >= 15 is 0 Å². The van der Waals surface area contributed by atoms with Crippen molar-refractivity contribution in [3.05, 3.63) is 0 Å². The summed E-state index contributed by atoms with van der Waals surface area (Å²) in [5, 5.41) is 0. The molecule has 3 fully saturated rings. The SMILES string of the molecule is O=C1CC(C2CCCC3C(=O)OC(=O)C32)C(=O)O1. The molecule has 0 aromatic carbocycles. The van der Waals surface area contributed by atoms with E-state index in [1.54, 1.807) is 0 Å². The zero-order chi connectivity index (χ0) is 12.9. The highest BCUT2D eigenvalue weighted by Crippen LogP contribution is 2.46. The van der Waals surface area contributed by atoms with E-state index in [2.05, 4.69) is 9.47 Å². The second-order valence-corrected chi connectivity index (χ2v) is 5.07. The minimum absolute atomic E-state index is 0.00813. The van der Waals surface area contributed by atoms with Crippen LogP contribution in [0.15, 0.2) is 0 Å². The Labute approximate surface area is 103 Å². The molecule has 1 aliphatic carbocycles. The largest absolute Gasteiger partial charge is 0.393 e. The molecule has 2 aliphatic heterocycles. The minimum atomic E-state index is -0.594. The highest BCUT2D eigenvalue weighted by Gasteiger charge is 2.55. The van der Waals surface area contributed by atoms with Crippen LogP contribution in [0.5, 0.6) is 0 Å². The maximum Gasteiger partial charge on any atom is 0.317 e. The number of cyclic esters (lactones) is 4. The van der Waals surface area contributed by atoms with Crippen LogP contribution in [-0.2, 0) is 28.7 Å². The lowest BCUT2D eigenvalue weighted by Gasteiger charge is -2.31.